The highest BCUT2D eigenvalue weighted by Crippen LogP contribution is 2.27. The largest absolute Gasteiger partial charge is 0.481 e. The summed E-state index contributed by atoms with van der Waals surface area (Å²) < 4.78 is 31.4. The lowest BCUT2D eigenvalue weighted by molar-refractivity contribution is -0.158. The fraction of sp³-hybridized carbons (Fsp3) is 0.267. The van der Waals surface area contributed by atoms with Gasteiger partial charge < -0.3 is 9.84 Å². The average molecular weight is 341 g/mol. The minimum atomic E-state index is -1.37. The summed E-state index contributed by atoms with van der Waals surface area (Å²) in [6.07, 6.45) is -0.159. The van der Waals surface area contributed by atoms with Crippen molar-refractivity contribution in [1.82, 2.24) is 4.98 Å². The van der Waals surface area contributed by atoms with Crippen LogP contribution in [0.2, 0.25) is 0 Å². The molecule has 1 atom stereocenters. The van der Waals surface area contributed by atoms with E-state index in [1.54, 1.807) is 6.92 Å². The second kappa shape index (κ2) is 7.28. The Hall–Kier alpha value is -2.35. The highest BCUT2D eigenvalue weighted by molar-refractivity contribution is 7.13. The maximum atomic E-state index is 13.7. The van der Waals surface area contributed by atoms with Gasteiger partial charge in [0.25, 0.3) is 0 Å². The van der Waals surface area contributed by atoms with Crippen LogP contribution in [0.3, 0.4) is 0 Å². The molecule has 0 fully saturated rings. The van der Waals surface area contributed by atoms with Crippen LogP contribution in [-0.4, -0.2) is 28.6 Å². The Labute approximate surface area is 134 Å². The fourth-order valence-corrected chi connectivity index (χ4v) is 2.77. The summed E-state index contributed by atoms with van der Waals surface area (Å²) in [7, 11) is 0. The number of thiazole rings is 1. The number of rotatable bonds is 6. The Bertz CT molecular complexity index is 732. The number of ether oxygens (including phenoxy) is 1. The number of benzene rings is 1. The molecule has 1 N–H and O–H groups in total. The summed E-state index contributed by atoms with van der Waals surface area (Å²) >= 11 is 1.08. The number of hydrogen-bond donors (Lipinski definition) is 1. The topological polar surface area (TPSA) is 76.5 Å². The lowest BCUT2D eigenvalue weighted by atomic mass is 10.0. The van der Waals surface area contributed by atoms with Crippen molar-refractivity contribution in [2.45, 2.75) is 13.3 Å². The minimum absolute atomic E-state index is 0.0751. The van der Waals surface area contributed by atoms with Crippen LogP contribution in [0.5, 0.6) is 0 Å². The Morgan fingerprint density at radius 2 is 2.13 bits per heavy atom. The zero-order chi connectivity index (χ0) is 17.0. The molecule has 2 rings (SSSR count). The van der Waals surface area contributed by atoms with Crippen molar-refractivity contribution in [3.05, 3.63) is 40.9 Å². The minimum Gasteiger partial charge on any atom is -0.481 e. The SMILES string of the molecule is CCOC(=O)C(Cc1csc(-c2ccc(F)cc2F)n1)C(=O)O. The predicted octanol–water partition coefficient (Wildman–Crippen LogP) is 2.89. The highest BCUT2D eigenvalue weighted by Gasteiger charge is 2.29. The van der Waals surface area contributed by atoms with Crippen molar-refractivity contribution >= 4 is 23.3 Å². The Balaban J connectivity index is 2.21. The van der Waals surface area contributed by atoms with E-state index in [2.05, 4.69) is 4.98 Å². The molecule has 0 saturated carbocycles. The summed E-state index contributed by atoms with van der Waals surface area (Å²) in [6, 6.07) is 3.11. The van der Waals surface area contributed by atoms with Gasteiger partial charge in [-0.2, -0.15) is 0 Å². The van der Waals surface area contributed by atoms with E-state index >= 15 is 0 Å². The van der Waals surface area contributed by atoms with Crippen molar-refractivity contribution in [1.29, 1.82) is 0 Å². The first kappa shape index (κ1) is 17.0. The first-order valence-corrected chi connectivity index (χ1v) is 7.59. The second-order valence-corrected chi connectivity index (χ2v) is 5.47. The molecule has 1 heterocycles. The van der Waals surface area contributed by atoms with Gasteiger partial charge in [0, 0.05) is 23.4 Å². The molecule has 1 aromatic heterocycles. The number of carbonyl (C=O) groups is 2. The van der Waals surface area contributed by atoms with Crippen LogP contribution < -0.4 is 0 Å². The Morgan fingerprint density at radius 1 is 1.39 bits per heavy atom. The van der Waals surface area contributed by atoms with Gasteiger partial charge in [-0.05, 0) is 19.1 Å². The van der Waals surface area contributed by atoms with E-state index in [1.165, 1.54) is 11.4 Å². The third-order valence-electron chi connectivity index (χ3n) is 3.00. The number of carboxylic acid groups (broad SMARTS) is 1. The van der Waals surface area contributed by atoms with E-state index in [4.69, 9.17) is 9.84 Å². The molecule has 0 bridgehead atoms. The molecule has 0 saturated heterocycles. The standard InChI is InChI=1S/C15H13F2NO4S/c1-2-22-15(21)11(14(19)20)6-9-7-23-13(18-9)10-4-3-8(16)5-12(10)17/h3-5,7,11H,2,6H2,1H3,(H,19,20). The molecule has 1 unspecified atom stereocenters. The summed E-state index contributed by atoms with van der Waals surface area (Å²) in [4.78, 5) is 26.9. The quantitative estimate of drug-likeness (QED) is 0.646. The molecule has 8 heteroatoms. The van der Waals surface area contributed by atoms with Crippen molar-refractivity contribution in [3.8, 4) is 10.6 Å². The Morgan fingerprint density at radius 3 is 2.74 bits per heavy atom. The van der Waals surface area contributed by atoms with Gasteiger partial charge in [0.05, 0.1) is 12.3 Å². The molecule has 23 heavy (non-hydrogen) atoms. The van der Waals surface area contributed by atoms with Crippen molar-refractivity contribution in [2.24, 2.45) is 5.92 Å². The van der Waals surface area contributed by atoms with E-state index in [9.17, 15) is 18.4 Å². The third kappa shape index (κ3) is 4.10. The van der Waals surface area contributed by atoms with Gasteiger partial charge in [0.1, 0.15) is 16.6 Å². The van der Waals surface area contributed by atoms with Crippen LogP contribution >= 0.6 is 11.3 Å². The van der Waals surface area contributed by atoms with E-state index in [0.717, 1.165) is 23.5 Å². The molecular weight excluding hydrogens is 328 g/mol. The molecule has 1 aromatic carbocycles. The van der Waals surface area contributed by atoms with E-state index < -0.39 is 29.5 Å². The van der Waals surface area contributed by atoms with Crippen LogP contribution in [0, 0.1) is 17.6 Å². The summed E-state index contributed by atoms with van der Waals surface area (Å²) in [5, 5.41) is 10.9. The van der Waals surface area contributed by atoms with Crippen LogP contribution in [0.15, 0.2) is 23.6 Å². The van der Waals surface area contributed by atoms with E-state index in [-0.39, 0.29) is 23.6 Å². The van der Waals surface area contributed by atoms with Crippen LogP contribution in [0.1, 0.15) is 12.6 Å². The van der Waals surface area contributed by atoms with Gasteiger partial charge in [0.2, 0.25) is 0 Å². The lowest BCUT2D eigenvalue weighted by Crippen LogP contribution is -2.28. The average Bonchev–Trinajstić information content (AvgIpc) is 2.93. The van der Waals surface area contributed by atoms with Gasteiger partial charge in [-0.3, -0.25) is 9.59 Å². The van der Waals surface area contributed by atoms with Crippen molar-refractivity contribution in [3.63, 3.8) is 0 Å². The maximum Gasteiger partial charge on any atom is 0.320 e. The molecular formula is C15H13F2NO4S. The van der Waals surface area contributed by atoms with Crippen molar-refractivity contribution < 1.29 is 28.2 Å². The summed E-state index contributed by atoms with van der Waals surface area (Å²) in [5.41, 5.74) is 0.444. The number of hydrogen-bond acceptors (Lipinski definition) is 5. The van der Waals surface area contributed by atoms with Crippen molar-refractivity contribution in [2.75, 3.05) is 6.61 Å². The monoisotopic (exact) mass is 341 g/mol. The molecule has 0 aliphatic rings. The molecule has 0 aliphatic carbocycles. The summed E-state index contributed by atoms with van der Waals surface area (Å²) in [5.74, 6) is -4.99. The van der Waals surface area contributed by atoms with Gasteiger partial charge in [-0.1, -0.05) is 0 Å². The number of esters is 1. The van der Waals surface area contributed by atoms with E-state index in [1.807, 2.05) is 0 Å². The van der Waals surface area contributed by atoms with Gasteiger partial charge in [-0.25, -0.2) is 13.8 Å². The van der Waals surface area contributed by atoms with Crippen LogP contribution in [0.4, 0.5) is 8.78 Å². The first-order valence-electron chi connectivity index (χ1n) is 6.71. The molecule has 0 radical (unpaired) electrons. The predicted molar refractivity (Wildman–Crippen MR) is 78.9 cm³/mol. The van der Waals surface area contributed by atoms with Crippen LogP contribution in [-0.2, 0) is 20.7 Å². The highest BCUT2D eigenvalue weighted by atomic mass is 32.1. The third-order valence-corrected chi connectivity index (χ3v) is 3.92. The number of aliphatic carboxylic acids is 1. The van der Waals surface area contributed by atoms with Crippen LogP contribution in [0.25, 0.3) is 10.6 Å². The molecule has 0 spiro atoms. The van der Waals surface area contributed by atoms with Gasteiger partial charge in [0.15, 0.2) is 5.92 Å². The lowest BCUT2D eigenvalue weighted by Gasteiger charge is -2.09. The summed E-state index contributed by atoms with van der Waals surface area (Å²) in [6.45, 7) is 1.65. The molecule has 2 aromatic rings. The molecule has 0 aliphatic heterocycles. The maximum absolute atomic E-state index is 13.7. The first-order chi connectivity index (χ1) is 10.9. The number of carboxylic acids is 1. The number of aromatic nitrogens is 1. The van der Waals surface area contributed by atoms with Gasteiger partial charge >= 0.3 is 11.9 Å². The smallest absolute Gasteiger partial charge is 0.320 e. The number of halogens is 2. The van der Waals surface area contributed by atoms with Gasteiger partial charge in [-0.15, -0.1) is 11.3 Å². The number of carbonyl (C=O) groups excluding carboxylic acids is 1. The number of nitrogens with zero attached hydrogens (tertiary/aromatic N) is 1. The molecule has 0 amide bonds. The normalized spacial score (nSPS) is 12.0. The van der Waals surface area contributed by atoms with E-state index in [0.29, 0.717) is 5.69 Å². The second-order valence-electron chi connectivity index (χ2n) is 4.62. The fourth-order valence-electron chi connectivity index (χ4n) is 1.91. The molecule has 5 nitrogen and oxygen atoms in total. The zero-order valence-corrected chi connectivity index (χ0v) is 12.9. The zero-order valence-electron chi connectivity index (χ0n) is 12.1. The Kier molecular flexibility index (Phi) is 5.38. The molecule has 122 valence electrons.